The Bertz CT molecular complexity index is 467. The molecule has 2 N–H and O–H groups in total. The Labute approximate surface area is 94.9 Å². The average molecular weight is 266 g/mol. The van der Waals surface area contributed by atoms with Crippen molar-refractivity contribution in [3.8, 4) is 0 Å². The first kappa shape index (κ1) is 9.92. The van der Waals surface area contributed by atoms with Crippen LogP contribution in [0.15, 0.2) is 41.1 Å². The summed E-state index contributed by atoms with van der Waals surface area (Å²) in [5.74, 6) is 0.256. The van der Waals surface area contributed by atoms with Gasteiger partial charge in [0, 0.05) is 22.4 Å². The molecule has 5 heteroatoms. The van der Waals surface area contributed by atoms with Gasteiger partial charge >= 0.3 is 0 Å². The molecule has 0 aliphatic rings. The van der Waals surface area contributed by atoms with E-state index in [0.717, 1.165) is 4.47 Å². The molecule has 0 saturated carbocycles. The standard InChI is InChI=1S/C10H8BrN3O/c11-8-3-1-2-7(6-8)9(15)14-10-12-4-5-13-10/h1-6H,(H2,12,13,14,15). The van der Waals surface area contributed by atoms with Crippen molar-refractivity contribution in [3.63, 3.8) is 0 Å². The van der Waals surface area contributed by atoms with Gasteiger partial charge in [-0.25, -0.2) is 4.98 Å². The lowest BCUT2D eigenvalue weighted by molar-refractivity contribution is 0.102. The first-order chi connectivity index (χ1) is 7.25. The number of H-pyrrole nitrogens is 1. The molecular formula is C10H8BrN3O. The Morgan fingerprint density at radius 1 is 1.47 bits per heavy atom. The van der Waals surface area contributed by atoms with E-state index in [4.69, 9.17) is 0 Å². The molecule has 1 amide bonds. The summed E-state index contributed by atoms with van der Waals surface area (Å²) < 4.78 is 0.870. The summed E-state index contributed by atoms with van der Waals surface area (Å²) in [5, 5.41) is 2.64. The molecule has 4 nitrogen and oxygen atoms in total. The van der Waals surface area contributed by atoms with Crippen molar-refractivity contribution in [2.75, 3.05) is 5.32 Å². The van der Waals surface area contributed by atoms with Gasteiger partial charge in [0.25, 0.3) is 5.91 Å². The van der Waals surface area contributed by atoms with Crippen LogP contribution in [0.3, 0.4) is 0 Å². The summed E-state index contributed by atoms with van der Waals surface area (Å²) in [7, 11) is 0. The molecule has 0 atom stereocenters. The Kier molecular flexibility index (Phi) is 2.82. The average Bonchev–Trinajstić information content (AvgIpc) is 2.70. The zero-order chi connectivity index (χ0) is 10.7. The summed E-state index contributed by atoms with van der Waals surface area (Å²) in [6.07, 6.45) is 3.23. The van der Waals surface area contributed by atoms with E-state index in [1.807, 2.05) is 6.07 Å². The number of aromatic nitrogens is 2. The van der Waals surface area contributed by atoms with Gasteiger partial charge in [0.15, 0.2) is 0 Å². The van der Waals surface area contributed by atoms with Gasteiger partial charge in [-0.05, 0) is 18.2 Å². The van der Waals surface area contributed by atoms with Crippen molar-refractivity contribution in [3.05, 3.63) is 46.7 Å². The number of hydrogen-bond donors (Lipinski definition) is 2. The van der Waals surface area contributed by atoms with Gasteiger partial charge in [0.1, 0.15) is 0 Å². The number of carbonyl (C=O) groups is 1. The minimum atomic E-state index is -0.189. The summed E-state index contributed by atoms with van der Waals surface area (Å²) >= 11 is 3.30. The zero-order valence-electron chi connectivity index (χ0n) is 7.70. The highest BCUT2D eigenvalue weighted by molar-refractivity contribution is 9.10. The largest absolute Gasteiger partial charge is 0.331 e. The van der Waals surface area contributed by atoms with Gasteiger partial charge < -0.3 is 4.98 Å². The van der Waals surface area contributed by atoms with Crippen LogP contribution < -0.4 is 5.32 Å². The number of imidazole rings is 1. The molecule has 15 heavy (non-hydrogen) atoms. The molecule has 0 spiro atoms. The van der Waals surface area contributed by atoms with Crippen molar-refractivity contribution in [2.24, 2.45) is 0 Å². The van der Waals surface area contributed by atoms with E-state index in [2.05, 4.69) is 31.2 Å². The van der Waals surface area contributed by atoms with Gasteiger partial charge in [0.05, 0.1) is 0 Å². The molecule has 1 aromatic carbocycles. The first-order valence-electron chi connectivity index (χ1n) is 4.32. The third-order valence-electron chi connectivity index (χ3n) is 1.82. The number of rotatable bonds is 2. The second-order valence-corrected chi connectivity index (χ2v) is 3.82. The zero-order valence-corrected chi connectivity index (χ0v) is 9.28. The molecule has 0 aliphatic heterocycles. The van der Waals surface area contributed by atoms with E-state index < -0.39 is 0 Å². The van der Waals surface area contributed by atoms with Gasteiger partial charge in [-0.1, -0.05) is 22.0 Å². The van der Waals surface area contributed by atoms with Crippen LogP contribution in [0.5, 0.6) is 0 Å². The minimum absolute atomic E-state index is 0.189. The van der Waals surface area contributed by atoms with Gasteiger partial charge in [-0.3, -0.25) is 10.1 Å². The predicted molar refractivity (Wildman–Crippen MR) is 60.7 cm³/mol. The third-order valence-corrected chi connectivity index (χ3v) is 2.31. The number of aromatic amines is 1. The summed E-state index contributed by atoms with van der Waals surface area (Å²) in [6.45, 7) is 0. The van der Waals surface area contributed by atoms with Crippen LogP contribution in [0.1, 0.15) is 10.4 Å². The second kappa shape index (κ2) is 4.27. The van der Waals surface area contributed by atoms with Crippen LogP contribution in [-0.2, 0) is 0 Å². The maximum Gasteiger partial charge on any atom is 0.258 e. The fourth-order valence-corrected chi connectivity index (χ4v) is 1.54. The van der Waals surface area contributed by atoms with Crippen LogP contribution in [0.4, 0.5) is 5.95 Å². The molecule has 1 aromatic heterocycles. The van der Waals surface area contributed by atoms with Crippen molar-refractivity contribution in [1.82, 2.24) is 9.97 Å². The number of carbonyl (C=O) groups excluding carboxylic acids is 1. The number of nitrogens with one attached hydrogen (secondary N) is 2. The van der Waals surface area contributed by atoms with Gasteiger partial charge in [-0.15, -0.1) is 0 Å². The monoisotopic (exact) mass is 265 g/mol. The molecule has 2 rings (SSSR count). The highest BCUT2D eigenvalue weighted by atomic mass is 79.9. The number of benzene rings is 1. The van der Waals surface area contributed by atoms with Crippen LogP contribution in [0.2, 0.25) is 0 Å². The van der Waals surface area contributed by atoms with E-state index in [1.54, 1.807) is 30.6 Å². The Morgan fingerprint density at radius 3 is 3.00 bits per heavy atom. The van der Waals surface area contributed by atoms with E-state index in [9.17, 15) is 4.79 Å². The Morgan fingerprint density at radius 2 is 2.33 bits per heavy atom. The van der Waals surface area contributed by atoms with Gasteiger partial charge in [0.2, 0.25) is 5.95 Å². The van der Waals surface area contributed by atoms with Crippen molar-refractivity contribution < 1.29 is 4.79 Å². The quantitative estimate of drug-likeness (QED) is 0.877. The number of hydrogen-bond acceptors (Lipinski definition) is 2. The molecule has 76 valence electrons. The fraction of sp³-hybridized carbons (Fsp3) is 0. The summed E-state index contributed by atoms with van der Waals surface area (Å²) in [6, 6.07) is 7.16. The van der Waals surface area contributed by atoms with Crippen LogP contribution in [0.25, 0.3) is 0 Å². The first-order valence-corrected chi connectivity index (χ1v) is 5.11. The molecule has 2 aromatic rings. The molecule has 0 unspecified atom stereocenters. The highest BCUT2D eigenvalue weighted by Gasteiger charge is 2.06. The lowest BCUT2D eigenvalue weighted by Gasteiger charge is -2.01. The third kappa shape index (κ3) is 2.44. The molecule has 0 bridgehead atoms. The Hall–Kier alpha value is -1.62. The maximum atomic E-state index is 11.7. The topological polar surface area (TPSA) is 57.8 Å². The molecule has 0 fully saturated rings. The Balaban J connectivity index is 2.15. The smallest absolute Gasteiger partial charge is 0.258 e. The van der Waals surface area contributed by atoms with Crippen molar-refractivity contribution in [1.29, 1.82) is 0 Å². The summed E-state index contributed by atoms with van der Waals surface area (Å²) in [5.41, 5.74) is 0.584. The number of halogens is 1. The van der Waals surface area contributed by atoms with E-state index >= 15 is 0 Å². The van der Waals surface area contributed by atoms with Crippen LogP contribution in [0, 0.1) is 0 Å². The minimum Gasteiger partial charge on any atom is -0.331 e. The number of amides is 1. The highest BCUT2D eigenvalue weighted by Crippen LogP contribution is 2.12. The van der Waals surface area contributed by atoms with Crippen molar-refractivity contribution >= 4 is 27.8 Å². The SMILES string of the molecule is O=C(Nc1ncc[nH]1)c1cccc(Br)c1. The number of anilines is 1. The second-order valence-electron chi connectivity index (χ2n) is 2.90. The normalized spacial score (nSPS) is 9.93. The number of nitrogens with zero attached hydrogens (tertiary/aromatic N) is 1. The van der Waals surface area contributed by atoms with Crippen molar-refractivity contribution in [2.45, 2.75) is 0 Å². The van der Waals surface area contributed by atoms with Crippen LogP contribution >= 0.6 is 15.9 Å². The van der Waals surface area contributed by atoms with Gasteiger partial charge in [-0.2, -0.15) is 0 Å². The maximum absolute atomic E-state index is 11.7. The molecule has 0 saturated heterocycles. The van der Waals surface area contributed by atoms with Crippen LogP contribution in [-0.4, -0.2) is 15.9 Å². The lowest BCUT2D eigenvalue weighted by atomic mass is 10.2. The molecule has 1 heterocycles. The van der Waals surface area contributed by atoms with E-state index in [0.29, 0.717) is 11.5 Å². The lowest BCUT2D eigenvalue weighted by Crippen LogP contribution is -2.12. The van der Waals surface area contributed by atoms with E-state index in [1.165, 1.54) is 0 Å². The fourth-order valence-electron chi connectivity index (χ4n) is 1.14. The summed E-state index contributed by atoms with van der Waals surface area (Å²) in [4.78, 5) is 18.4. The predicted octanol–water partition coefficient (Wildman–Crippen LogP) is 2.42. The molecular weight excluding hydrogens is 258 g/mol. The molecule has 0 radical (unpaired) electrons. The van der Waals surface area contributed by atoms with E-state index in [-0.39, 0.29) is 5.91 Å². The molecule has 0 aliphatic carbocycles.